The van der Waals surface area contributed by atoms with Crippen LogP contribution >= 0.6 is 0 Å². The lowest BCUT2D eigenvalue weighted by Gasteiger charge is -2.12. The number of hydrogen-bond acceptors (Lipinski definition) is 3. The second-order valence-electron chi connectivity index (χ2n) is 5.72. The minimum absolute atomic E-state index is 0.100. The van der Waals surface area contributed by atoms with Crippen LogP contribution in [0.25, 0.3) is 0 Å². The Morgan fingerprint density at radius 1 is 1.42 bits per heavy atom. The summed E-state index contributed by atoms with van der Waals surface area (Å²) in [5.41, 5.74) is 0.694. The van der Waals surface area contributed by atoms with Crippen molar-refractivity contribution >= 4 is 5.78 Å². The van der Waals surface area contributed by atoms with Gasteiger partial charge in [0.05, 0.1) is 12.3 Å². The Hall–Kier alpha value is -1.38. The van der Waals surface area contributed by atoms with Gasteiger partial charge in [-0.05, 0) is 45.1 Å². The number of rotatable bonds is 5. The molecular weight excluding hydrogens is 238 g/mol. The van der Waals surface area contributed by atoms with E-state index in [1.807, 2.05) is 19.9 Å². The second kappa shape index (κ2) is 6.18. The first-order valence-electron chi connectivity index (χ1n) is 7.26. The highest BCUT2D eigenvalue weighted by molar-refractivity contribution is 5.98. The Kier molecular flexibility index (Phi) is 4.56. The van der Waals surface area contributed by atoms with Gasteiger partial charge in [-0.3, -0.25) is 9.78 Å². The molecule has 2 rings (SSSR count). The number of pyridine rings is 1. The van der Waals surface area contributed by atoms with E-state index >= 15 is 0 Å². The van der Waals surface area contributed by atoms with Crippen molar-refractivity contribution in [2.24, 2.45) is 11.8 Å². The van der Waals surface area contributed by atoms with Crippen molar-refractivity contribution < 1.29 is 9.53 Å². The van der Waals surface area contributed by atoms with Crippen molar-refractivity contribution in [3.8, 4) is 5.75 Å². The van der Waals surface area contributed by atoms with Gasteiger partial charge in [-0.2, -0.15) is 0 Å². The number of carbonyl (C=O) groups excluding carboxylic acids is 1. The predicted molar refractivity (Wildman–Crippen MR) is 75.5 cm³/mol. The number of ketones is 1. The van der Waals surface area contributed by atoms with Gasteiger partial charge in [-0.25, -0.2) is 0 Å². The summed E-state index contributed by atoms with van der Waals surface area (Å²) >= 11 is 0. The molecule has 0 aromatic carbocycles. The highest BCUT2D eigenvalue weighted by atomic mass is 16.5. The van der Waals surface area contributed by atoms with Crippen LogP contribution in [0.2, 0.25) is 0 Å². The van der Waals surface area contributed by atoms with Crippen LogP contribution in [0, 0.1) is 11.8 Å². The summed E-state index contributed by atoms with van der Waals surface area (Å²) in [5, 5.41) is 0. The Balaban J connectivity index is 2.07. The fraction of sp³-hybridized carbons (Fsp3) is 0.625. The minimum Gasteiger partial charge on any atom is -0.489 e. The number of ether oxygens (including phenoxy) is 1. The number of nitrogens with zero attached hydrogens (tertiary/aromatic N) is 1. The number of hydrogen-bond donors (Lipinski definition) is 0. The lowest BCUT2D eigenvalue weighted by Crippen LogP contribution is -2.13. The smallest absolute Gasteiger partial charge is 0.167 e. The third-order valence-electron chi connectivity index (χ3n) is 3.86. The largest absolute Gasteiger partial charge is 0.489 e. The first-order valence-corrected chi connectivity index (χ1v) is 7.26. The normalized spacial score (nSPS) is 22.7. The Morgan fingerprint density at radius 2 is 2.21 bits per heavy atom. The molecule has 0 aliphatic heterocycles. The molecule has 19 heavy (non-hydrogen) atoms. The van der Waals surface area contributed by atoms with E-state index in [4.69, 9.17) is 4.74 Å². The molecule has 1 aromatic heterocycles. The topological polar surface area (TPSA) is 39.2 Å². The molecule has 0 amide bonds. The van der Waals surface area contributed by atoms with Crippen LogP contribution in [-0.4, -0.2) is 16.9 Å². The van der Waals surface area contributed by atoms with Gasteiger partial charge in [0.1, 0.15) is 5.75 Å². The maximum Gasteiger partial charge on any atom is 0.167 e. The van der Waals surface area contributed by atoms with Gasteiger partial charge < -0.3 is 4.74 Å². The number of carbonyl (C=O) groups is 1. The molecule has 1 saturated carbocycles. The van der Waals surface area contributed by atoms with Gasteiger partial charge in [-0.1, -0.05) is 13.3 Å². The monoisotopic (exact) mass is 261 g/mol. The third kappa shape index (κ3) is 3.55. The van der Waals surface area contributed by atoms with Crippen LogP contribution < -0.4 is 4.74 Å². The lowest BCUT2D eigenvalue weighted by atomic mass is 9.95. The van der Waals surface area contributed by atoms with Gasteiger partial charge in [0.25, 0.3) is 0 Å². The van der Waals surface area contributed by atoms with E-state index in [1.54, 1.807) is 12.4 Å². The van der Waals surface area contributed by atoms with Gasteiger partial charge in [0.15, 0.2) is 5.78 Å². The highest BCUT2D eigenvalue weighted by Gasteiger charge is 2.29. The van der Waals surface area contributed by atoms with Crippen LogP contribution in [0.3, 0.4) is 0 Å². The van der Waals surface area contributed by atoms with Gasteiger partial charge >= 0.3 is 0 Å². The van der Waals surface area contributed by atoms with E-state index in [2.05, 4.69) is 11.9 Å². The number of aromatic nitrogens is 1. The molecule has 104 valence electrons. The molecule has 1 aliphatic carbocycles. The van der Waals surface area contributed by atoms with Crippen molar-refractivity contribution in [3.63, 3.8) is 0 Å². The molecule has 2 unspecified atom stereocenters. The van der Waals surface area contributed by atoms with Crippen molar-refractivity contribution in [3.05, 3.63) is 24.0 Å². The van der Waals surface area contributed by atoms with Crippen LogP contribution in [0.1, 0.15) is 56.8 Å². The summed E-state index contributed by atoms with van der Waals surface area (Å²) in [6.45, 7) is 6.14. The maximum absolute atomic E-state index is 12.5. The lowest BCUT2D eigenvalue weighted by molar-refractivity contribution is 0.0918. The van der Waals surface area contributed by atoms with Crippen LogP contribution in [0.15, 0.2) is 18.5 Å². The summed E-state index contributed by atoms with van der Waals surface area (Å²) < 4.78 is 5.60. The zero-order valence-electron chi connectivity index (χ0n) is 12.1. The average Bonchev–Trinajstić information content (AvgIpc) is 2.86. The fourth-order valence-electron chi connectivity index (χ4n) is 2.81. The standard InChI is InChI=1S/C16H23NO2/c1-4-12-5-6-13(7-12)16(18)14-8-15(10-17-9-14)19-11(2)3/h8-13H,4-7H2,1-3H3. The maximum atomic E-state index is 12.5. The van der Waals surface area contributed by atoms with Crippen LogP contribution in [0.4, 0.5) is 0 Å². The molecule has 1 fully saturated rings. The SMILES string of the molecule is CCC1CCC(C(=O)c2cncc(OC(C)C)c2)C1. The van der Waals surface area contributed by atoms with Crippen LogP contribution in [-0.2, 0) is 0 Å². The summed E-state index contributed by atoms with van der Waals surface area (Å²) in [7, 11) is 0. The highest BCUT2D eigenvalue weighted by Crippen LogP contribution is 2.35. The van der Waals surface area contributed by atoms with E-state index in [-0.39, 0.29) is 17.8 Å². The van der Waals surface area contributed by atoms with Crippen molar-refractivity contribution in [1.82, 2.24) is 4.98 Å². The van der Waals surface area contributed by atoms with Gasteiger partial charge in [0, 0.05) is 17.7 Å². The van der Waals surface area contributed by atoms with Gasteiger partial charge in [0.2, 0.25) is 0 Å². The Morgan fingerprint density at radius 3 is 2.84 bits per heavy atom. The average molecular weight is 261 g/mol. The second-order valence-corrected chi connectivity index (χ2v) is 5.72. The molecular formula is C16H23NO2. The molecule has 3 heteroatoms. The third-order valence-corrected chi connectivity index (χ3v) is 3.86. The Labute approximate surface area is 115 Å². The summed E-state index contributed by atoms with van der Waals surface area (Å²) in [6, 6.07) is 1.83. The van der Waals surface area contributed by atoms with Crippen molar-refractivity contribution in [2.75, 3.05) is 0 Å². The molecule has 2 atom stereocenters. The number of Topliss-reactive ketones (excluding diaryl/α,β-unsaturated/α-hetero) is 1. The summed E-state index contributed by atoms with van der Waals surface area (Å²) in [5.74, 6) is 1.82. The molecule has 0 bridgehead atoms. The van der Waals surface area contributed by atoms with E-state index in [0.717, 1.165) is 18.8 Å². The van der Waals surface area contributed by atoms with Crippen LogP contribution in [0.5, 0.6) is 5.75 Å². The summed E-state index contributed by atoms with van der Waals surface area (Å²) in [6.07, 6.45) is 7.84. The zero-order valence-corrected chi connectivity index (χ0v) is 12.1. The summed E-state index contributed by atoms with van der Waals surface area (Å²) in [4.78, 5) is 16.6. The molecule has 3 nitrogen and oxygen atoms in total. The minimum atomic E-state index is 0.100. The first-order chi connectivity index (χ1) is 9.10. The van der Waals surface area contributed by atoms with E-state index in [9.17, 15) is 4.79 Å². The fourth-order valence-corrected chi connectivity index (χ4v) is 2.81. The molecule has 0 radical (unpaired) electrons. The van der Waals surface area contributed by atoms with E-state index in [1.165, 1.54) is 12.8 Å². The molecule has 0 spiro atoms. The van der Waals surface area contributed by atoms with Crippen molar-refractivity contribution in [1.29, 1.82) is 0 Å². The van der Waals surface area contributed by atoms with E-state index < -0.39 is 0 Å². The zero-order chi connectivity index (χ0) is 13.8. The molecule has 0 saturated heterocycles. The van der Waals surface area contributed by atoms with Gasteiger partial charge in [-0.15, -0.1) is 0 Å². The predicted octanol–water partition coefficient (Wildman–Crippen LogP) is 3.88. The molecule has 1 aliphatic rings. The molecule has 1 aromatic rings. The molecule has 0 N–H and O–H groups in total. The van der Waals surface area contributed by atoms with Crippen molar-refractivity contribution in [2.45, 2.75) is 52.6 Å². The first kappa shape index (κ1) is 14.0. The quantitative estimate of drug-likeness (QED) is 0.755. The molecule has 1 heterocycles. The Bertz CT molecular complexity index is 442. The van der Waals surface area contributed by atoms with E-state index in [0.29, 0.717) is 11.3 Å².